The highest BCUT2D eigenvalue weighted by molar-refractivity contribution is 8.14. The summed E-state index contributed by atoms with van der Waals surface area (Å²) in [6, 6.07) is 4.83. The number of allylic oxidation sites excluding steroid dienone is 1. The van der Waals surface area contributed by atoms with Crippen LogP contribution in [0.2, 0.25) is 0 Å². The number of carboxylic acids is 1. The van der Waals surface area contributed by atoms with Crippen LogP contribution in [0.3, 0.4) is 0 Å². The maximum atomic E-state index is 13.1. The Morgan fingerprint density at radius 3 is 2.55 bits per heavy atom. The van der Waals surface area contributed by atoms with Crippen molar-refractivity contribution in [3.63, 3.8) is 0 Å². The van der Waals surface area contributed by atoms with E-state index in [-0.39, 0.29) is 17.1 Å². The smallest absolute Gasteiger partial charge is 0.335 e. The number of thioether (sulfide) groups is 1. The maximum absolute atomic E-state index is 13.1. The molecule has 0 bridgehead atoms. The van der Waals surface area contributed by atoms with E-state index >= 15 is 0 Å². The molecule has 1 heterocycles. The number of halogens is 1. The van der Waals surface area contributed by atoms with Crippen molar-refractivity contribution in [2.24, 2.45) is 4.99 Å². The largest absolute Gasteiger partial charge is 0.478 e. The van der Waals surface area contributed by atoms with Crippen LogP contribution < -0.4 is 5.32 Å². The van der Waals surface area contributed by atoms with Crippen LogP contribution in [-0.2, 0) is 9.59 Å². The predicted octanol–water partition coefficient (Wildman–Crippen LogP) is 2.51. The number of carboxylic acid groups (broad SMARTS) is 1. The average molecular weight is 322 g/mol. The number of aliphatic carboxylic acids is 1. The molecular formula is C15H15FN2O3S. The number of Topliss-reactive ketones (excluding diaryl/α,β-unsaturated/α-hetero) is 1. The quantitative estimate of drug-likeness (QED) is 0.890. The molecule has 5 nitrogen and oxygen atoms in total. The first kappa shape index (κ1) is 16.2. The van der Waals surface area contributed by atoms with Crippen LogP contribution in [0.25, 0.3) is 0 Å². The van der Waals surface area contributed by atoms with Crippen LogP contribution in [0, 0.1) is 5.82 Å². The molecule has 2 N–H and O–H groups in total. The Bertz CT molecular complexity index is 668. The lowest BCUT2D eigenvalue weighted by molar-refractivity contribution is -0.133. The van der Waals surface area contributed by atoms with Crippen molar-refractivity contribution in [2.45, 2.75) is 19.9 Å². The summed E-state index contributed by atoms with van der Waals surface area (Å²) >= 11 is 1.21. The Kier molecular flexibility index (Phi) is 4.97. The average Bonchev–Trinajstić information content (AvgIpc) is 2.44. The van der Waals surface area contributed by atoms with Gasteiger partial charge in [-0.1, -0.05) is 23.9 Å². The number of aliphatic imine (C=N–C) groups is 1. The van der Waals surface area contributed by atoms with Gasteiger partial charge in [0, 0.05) is 5.70 Å². The Hall–Kier alpha value is -2.15. The van der Waals surface area contributed by atoms with Crippen LogP contribution in [-0.4, -0.2) is 27.8 Å². The molecule has 0 spiro atoms. The maximum Gasteiger partial charge on any atom is 0.335 e. The number of nitrogens with zero attached hydrogens (tertiary/aromatic N) is 1. The van der Waals surface area contributed by atoms with Gasteiger partial charge in [-0.25, -0.2) is 14.2 Å². The first-order valence-electron chi connectivity index (χ1n) is 6.55. The molecule has 7 heteroatoms. The summed E-state index contributed by atoms with van der Waals surface area (Å²) in [5.74, 6) is -1.24. The number of nitrogens with one attached hydrogen (secondary N) is 1. The molecule has 0 aliphatic carbocycles. The van der Waals surface area contributed by atoms with Gasteiger partial charge in [-0.3, -0.25) is 4.79 Å². The number of rotatable bonds is 4. The molecule has 0 saturated heterocycles. The van der Waals surface area contributed by atoms with Gasteiger partial charge >= 0.3 is 5.97 Å². The van der Waals surface area contributed by atoms with Gasteiger partial charge in [-0.05, 0) is 31.5 Å². The molecule has 22 heavy (non-hydrogen) atoms. The highest BCUT2D eigenvalue weighted by atomic mass is 32.2. The van der Waals surface area contributed by atoms with Gasteiger partial charge in [0.1, 0.15) is 17.6 Å². The fraction of sp³-hybridized carbons (Fsp3) is 0.267. The molecular weight excluding hydrogens is 307 g/mol. The minimum Gasteiger partial charge on any atom is -0.478 e. The molecule has 0 aromatic heterocycles. The Balaban J connectivity index is 2.37. The van der Waals surface area contributed by atoms with E-state index in [2.05, 4.69) is 10.3 Å². The number of carbonyl (C=O) groups is 2. The van der Waals surface area contributed by atoms with Crippen molar-refractivity contribution in [2.75, 3.05) is 5.75 Å². The summed E-state index contributed by atoms with van der Waals surface area (Å²) in [6.45, 7) is 3.11. The zero-order chi connectivity index (χ0) is 16.3. The SMILES string of the molecule is CC(=O)CSC1=NC(c2ccc(F)cc2)C(C(=O)O)=C(C)N1. The van der Waals surface area contributed by atoms with E-state index in [4.69, 9.17) is 0 Å². The van der Waals surface area contributed by atoms with Crippen LogP contribution >= 0.6 is 11.8 Å². The van der Waals surface area contributed by atoms with E-state index in [0.29, 0.717) is 16.4 Å². The summed E-state index contributed by atoms with van der Waals surface area (Å²) in [4.78, 5) is 26.9. The molecule has 1 aliphatic rings. The monoisotopic (exact) mass is 322 g/mol. The van der Waals surface area contributed by atoms with Crippen molar-refractivity contribution >= 4 is 28.7 Å². The Labute approximate surface area is 131 Å². The topological polar surface area (TPSA) is 78.8 Å². The van der Waals surface area contributed by atoms with Crippen LogP contribution in [0.4, 0.5) is 4.39 Å². The lowest BCUT2D eigenvalue weighted by Crippen LogP contribution is -2.30. The third-order valence-corrected chi connectivity index (χ3v) is 4.08. The standard InChI is InChI=1S/C15H15FN2O3S/c1-8(19)7-22-15-17-9(2)12(14(20)21)13(18-15)10-3-5-11(16)6-4-10/h3-6,13H,7H2,1-2H3,(H,17,18)(H,20,21). The summed E-state index contributed by atoms with van der Waals surface area (Å²) in [6.07, 6.45) is 0. The molecule has 1 aromatic carbocycles. The summed E-state index contributed by atoms with van der Waals surface area (Å²) in [5, 5.41) is 12.8. The minimum atomic E-state index is -1.08. The third kappa shape index (κ3) is 3.73. The number of hydrogen-bond donors (Lipinski definition) is 2. The first-order chi connectivity index (χ1) is 10.4. The van der Waals surface area contributed by atoms with Gasteiger partial charge < -0.3 is 10.4 Å². The molecule has 0 fully saturated rings. The molecule has 2 rings (SSSR count). The number of benzene rings is 1. The number of hydrogen-bond acceptors (Lipinski definition) is 5. The number of carbonyl (C=O) groups excluding carboxylic acids is 1. The molecule has 0 radical (unpaired) electrons. The van der Waals surface area contributed by atoms with Crippen molar-refractivity contribution in [3.8, 4) is 0 Å². The van der Waals surface area contributed by atoms with Crippen LogP contribution in [0.5, 0.6) is 0 Å². The van der Waals surface area contributed by atoms with E-state index in [9.17, 15) is 19.1 Å². The van der Waals surface area contributed by atoms with Crippen LogP contribution in [0.1, 0.15) is 25.5 Å². The highest BCUT2D eigenvalue weighted by Crippen LogP contribution is 2.32. The summed E-state index contributed by atoms with van der Waals surface area (Å²) in [5.41, 5.74) is 1.15. The molecule has 1 aliphatic heterocycles. The zero-order valence-electron chi connectivity index (χ0n) is 12.1. The third-order valence-electron chi connectivity index (χ3n) is 3.05. The van der Waals surface area contributed by atoms with Gasteiger partial charge in [0.05, 0.1) is 11.3 Å². The second kappa shape index (κ2) is 6.74. The molecule has 1 atom stereocenters. The fourth-order valence-electron chi connectivity index (χ4n) is 2.05. The van der Waals surface area contributed by atoms with E-state index < -0.39 is 17.8 Å². The number of amidine groups is 1. The fourth-order valence-corrected chi connectivity index (χ4v) is 2.80. The lowest BCUT2D eigenvalue weighted by atomic mass is 9.97. The van der Waals surface area contributed by atoms with E-state index in [1.165, 1.54) is 43.0 Å². The van der Waals surface area contributed by atoms with Gasteiger partial charge in [-0.2, -0.15) is 0 Å². The Morgan fingerprint density at radius 1 is 1.36 bits per heavy atom. The summed E-state index contributed by atoms with van der Waals surface area (Å²) in [7, 11) is 0. The van der Waals surface area contributed by atoms with Crippen LogP contribution in [0.15, 0.2) is 40.5 Å². The highest BCUT2D eigenvalue weighted by Gasteiger charge is 2.29. The van der Waals surface area contributed by atoms with Gasteiger partial charge in [-0.15, -0.1) is 0 Å². The second-order valence-corrected chi connectivity index (χ2v) is 5.81. The van der Waals surface area contributed by atoms with Gasteiger partial charge in [0.2, 0.25) is 0 Å². The Morgan fingerprint density at radius 2 is 2.00 bits per heavy atom. The minimum absolute atomic E-state index is 0.00139. The van der Waals surface area contributed by atoms with E-state index in [1.54, 1.807) is 6.92 Å². The zero-order valence-corrected chi connectivity index (χ0v) is 12.9. The van der Waals surface area contributed by atoms with Crippen molar-refractivity contribution in [1.82, 2.24) is 5.32 Å². The molecule has 1 unspecified atom stereocenters. The molecule has 116 valence electrons. The van der Waals surface area contributed by atoms with E-state index in [1.807, 2.05) is 0 Å². The number of ketones is 1. The van der Waals surface area contributed by atoms with Crippen molar-refractivity contribution in [3.05, 3.63) is 46.9 Å². The van der Waals surface area contributed by atoms with Gasteiger partial charge in [0.25, 0.3) is 0 Å². The second-order valence-electron chi connectivity index (χ2n) is 4.85. The van der Waals surface area contributed by atoms with E-state index in [0.717, 1.165) is 0 Å². The molecule has 1 aromatic rings. The normalized spacial score (nSPS) is 17.8. The molecule has 0 amide bonds. The summed E-state index contributed by atoms with van der Waals surface area (Å²) < 4.78 is 13.1. The van der Waals surface area contributed by atoms with Crippen molar-refractivity contribution < 1.29 is 19.1 Å². The van der Waals surface area contributed by atoms with Crippen molar-refractivity contribution in [1.29, 1.82) is 0 Å². The first-order valence-corrected chi connectivity index (χ1v) is 7.53. The molecule has 0 saturated carbocycles. The lowest BCUT2D eigenvalue weighted by Gasteiger charge is -2.24. The predicted molar refractivity (Wildman–Crippen MR) is 83.2 cm³/mol. The van der Waals surface area contributed by atoms with Gasteiger partial charge in [0.15, 0.2) is 5.17 Å².